The van der Waals surface area contributed by atoms with Gasteiger partial charge in [-0.3, -0.25) is 0 Å². The number of hydrogen-bond acceptors (Lipinski definition) is 1. The molecule has 0 radical (unpaired) electrons. The van der Waals surface area contributed by atoms with E-state index in [-0.39, 0.29) is 0 Å². The van der Waals surface area contributed by atoms with Crippen LogP contribution in [0.4, 0.5) is 0 Å². The molecule has 0 atom stereocenters. The molecular formula is C14H19Cl2N. The van der Waals surface area contributed by atoms with E-state index in [9.17, 15) is 0 Å². The molecule has 1 aliphatic rings. The Morgan fingerprint density at radius 1 is 1.35 bits per heavy atom. The number of alkyl halides is 1. The molecule has 1 aromatic carbocycles. The minimum Gasteiger partial charge on any atom is -0.302 e. The van der Waals surface area contributed by atoms with E-state index >= 15 is 0 Å². The van der Waals surface area contributed by atoms with Crippen LogP contribution in [0.1, 0.15) is 24.0 Å². The summed E-state index contributed by atoms with van der Waals surface area (Å²) >= 11 is 12.2. The van der Waals surface area contributed by atoms with Crippen molar-refractivity contribution in [3.05, 3.63) is 34.3 Å². The van der Waals surface area contributed by atoms with E-state index in [0.29, 0.717) is 5.38 Å². The number of aryl methyl sites for hydroxylation is 1. The Kier molecular flexibility index (Phi) is 4.35. The molecule has 1 saturated carbocycles. The Labute approximate surface area is 114 Å². The highest BCUT2D eigenvalue weighted by Gasteiger charge is 2.27. The summed E-state index contributed by atoms with van der Waals surface area (Å²) in [5, 5.41) is 1.29. The van der Waals surface area contributed by atoms with Gasteiger partial charge in [0.05, 0.1) is 0 Å². The predicted octanol–water partition coefficient (Wildman–Crippen LogP) is 4.10. The number of halogens is 2. The summed E-state index contributed by atoms with van der Waals surface area (Å²) in [5.41, 5.74) is 2.42. The topological polar surface area (TPSA) is 3.24 Å². The highest BCUT2D eigenvalue weighted by atomic mass is 35.5. The first-order chi connectivity index (χ1) is 8.04. The number of nitrogens with zero attached hydrogens (tertiary/aromatic N) is 1. The van der Waals surface area contributed by atoms with Crippen LogP contribution < -0.4 is 0 Å². The molecule has 1 nitrogen and oxygen atoms in total. The molecule has 0 amide bonds. The van der Waals surface area contributed by atoms with Gasteiger partial charge in [0.25, 0.3) is 0 Å². The van der Waals surface area contributed by atoms with Crippen molar-refractivity contribution in [2.75, 3.05) is 13.6 Å². The van der Waals surface area contributed by atoms with Crippen molar-refractivity contribution in [1.29, 1.82) is 0 Å². The molecule has 1 fully saturated rings. The number of rotatable bonds is 4. The fraction of sp³-hybridized carbons (Fsp3) is 0.571. The van der Waals surface area contributed by atoms with Gasteiger partial charge in [-0.25, -0.2) is 0 Å². The fourth-order valence-electron chi connectivity index (χ4n) is 2.38. The van der Waals surface area contributed by atoms with Gasteiger partial charge in [-0.1, -0.05) is 23.7 Å². The molecule has 17 heavy (non-hydrogen) atoms. The molecular weight excluding hydrogens is 253 g/mol. The molecule has 0 unspecified atom stereocenters. The maximum absolute atomic E-state index is 6.23. The van der Waals surface area contributed by atoms with E-state index in [1.165, 1.54) is 11.1 Å². The quantitative estimate of drug-likeness (QED) is 0.746. The number of hydrogen-bond donors (Lipinski definition) is 0. The first-order valence-electron chi connectivity index (χ1n) is 6.12. The van der Waals surface area contributed by atoms with E-state index < -0.39 is 0 Å². The Bertz CT molecular complexity index is 386. The highest BCUT2D eigenvalue weighted by Crippen LogP contribution is 2.32. The predicted molar refractivity (Wildman–Crippen MR) is 74.9 cm³/mol. The largest absolute Gasteiger partial charge is 0.302 e. The zero-order valence-electron chi connectivity index (χ0n) is 10.4. The SMILES string of the molecule is Cc1ccc(CN(C)CC2CC(Cl)C2)c(Cl)c1. The fourth-order valence-corrected chi connectivity index (χ4v) is 3.18. The third kappa shape index (κ3) is 3.61. The monoisotopic (exact) mass is 271 g/mol. The number of benzene rings is 1. The van der Waals surface area contributed by atoms with Gasteiger partial charge in [0.15, 0.2) is 0 Å². The summed E-state index contributed by atoms with van der Waals surface area (Å²) in [4.78, 5) is 2.34. The lowest BCUT2D eigenvalue weighted by atomic mass is 9.84. The lowest BCUT2D eigenvalue weighted by molar-refractivity contribution is 0.204. The standard InChI is InChI=1S/C14H19Cl2N/c1-10-3-4-12(14(16)5-10)9-17(2)8-11-6-13(15)7-11/h3-5,11,13H,6-9H2,1-2H3. The van der Waals surface area contributed by atoms with Gasteiger partial charge < -0.3 is 4.90 Å². The van der Waals surface area contributed by atoms with Gasteiger partial charge in [-0.05, 0) is 49.9 Å². The van der Waals surface area contributed by atoms with Crippen LogP contribution in [0.3, 0.4) is 0 Å². The van der Waals surface area contributed by atoms with Gasteiger partial charge in [0.1, 0.15) is 0 Å². The second-order valence-electron chi connectivity index (χ2n) is 5.23. The van der Waals surface area contributed by atoms with E-state index in [1.807, 2.05) is 6.07 Å². The molecule has 0 aliphatic heterocycles. The molecule has 1 aromatic rings. The minimum atomic E-state index is 0.413. The Morgan fingerprint density at radius 3 is 2.65 bits per heavy atom. The molecule has 2 rings (SSSR count). The third-order valence-electron chi connectivity index (χ3n) is 3.40. The molecule has 0 N–H and O–H groups in total. The minimum absolute atomic E-state index is 0.413. The normalized spacial score (nSPS) is 23.8. The van der Waals surface area contributed by atoms with Gasteiger partial charge in [-0.15, -0.1) is 11.6 Å². The first kappa shape index (κ1) is 13.2. The summed E-state index contributed by atoms with van der Waals surface area (Å²) in [7, 11) is 2.15. The molecule has 3 heteroatoms. The van der Waals surface area contributed by atoms with Gasteiger partial charge in [0, 0.05) is 23.5 Å². The molecule has 0 aromatic heterocycles. The Hall–Kier alpha value is -0.240. The van der Waals surface area contributed by atoms with Gasteiger partial charge >= 0.3 is 0 Å². The second-order valence-corrected chi connectivity index (χ2v) is 6.25. The Morgan fingerprint density at radius 2 is 2.06 bits per heavy atom. The zero-order valence-corrected chi connectivity index (χ0v) is 11.9. The van der Waals surface area contributed by atoms with Crippen molar-refractivity contribution in [3.63, 3.8) is 0 Å². The van der Waals surface area contributed by atoms with Crippen LogP contribution in [0.15, 0.2) is 18.2 Å². The van der Waals surface area contributed by atoms with Crippen molar-refractivity contribution in [3.8, 4) is 0 Å². The molecule has 0 heterocycles. The van der Waals surface area contributed by atoms with Crippen LogP contribution in [0.2, 0.25) is 5.02 Å². The van der Waals surface area contributed by atoms with Crippen LogP contribution in [0.25, 0.3) is 0 Å². The lowest BCUT2D eigenvalue weighted by Gasteiger charge is -2.34. The summed E-state index contributed by atoms with van der Waals surface area (Å²) in [6, 6.07) is 6.27. The van der Waals surface area contributed by atoms with E-state index in [2.05, 4.69) is 31.0 Å². The van der Waals surface area contributed by atoms with E-state index in [1.54, 1.807) is 0 Å². The van der Waals surface area contributed by atoms with Gasteiger partial charge in [0.2, 0.25) is 0 Å². The maximum atomic E-state index is 6.23. The van der Waals surface area contributed by atoms with Crippen LogP contribution >= 0.6 is 23.2 Å². The van der Waals surface area contributed by atoms with Crippen molar-refractivity contribution < 1.29 is 0 Å². The van der Waals surface area contributed by atoms with Crippen LogP contribution in [-0.2, 0) is 6.54 Å². The lowest BCUT2D eigenvalue weighted by Crippen LogP contribution is -2.34. The molecule has 0 spiro atoms. The summed E-state index contributed by atoms with van der Waals surface area (Å²) < 4.78 is 0. The summed E-state index contributed by atoms with van der Waals surface area (Å²) in [5.74, 6) is 0.770. The zero-order chi connectivity index (χ0) is 12.4. The Balaban J connectivity index is 1.87. The van der Waals surface area contributed by atoms with Crippen molar-refractivity contribution in [1.82, 2.24) is 4.90 Å². The first-order valence-corrected chi connectivity index (χ1v) is 6.93. The molecule has 0 saturated heterocycles. The maximum Gasteiger partial charge on any atom is 0.0453 e. The smallest absolute Gasteiger partial charge is 0.0453 e. The van der Waals surface area contributed by atoms with Crippen molar-refractivity contribution in [2.45, 2.75) is 31.7 Å². The van der Waals surface area contributed by atoms with Crippen LogP contribution in [0.5, 0.6) is 0 Å². The van der Waals surface area contributed by atoms with Crippen LogP contribution in [-0.4, -0.2) is 23.9 Å². The molecule has 1 aliphatic carbocycles. The van der Waals surface area contributed by atoms with Crippen LogP contribution in [0, 0.1) is 12.8 Å². The van der Waals surface area contributed by atoms with Gasteiger partial charge in [-0.2, -0.15) is 0 Å². The van der Waals surface area contributed by atoms with E-state index in [0.717, 1.165) is 36.9 Å². The van der Waals surface area contributed by atoms with Crippen molar-refractivity contribution in [2.24, 2.45) is 5.92 Å². The molecule has 94 valence electrons. The van der Waals surface area contributed by atoms with Crippen molar-refractivity contribution >= 4 is 23.2 Å². The molecule has 0 bridgehead atoms. The highest BCUT2D eigenvalue weighted by molar-refractivity contribution is 6.31. The average molecular weight is 272 g/mol. The second kappa shape index (κ2) is 5.60. The average Bonchev–Trinajstić information content (AvgIpc) is 2.20. The summed E-state index contributed by atoms with van der Waals surface area (Å²) in [6.07, 6.45) is 2.32. The third-order valence-corrected chi connectivity index (χ3v) is 4.11. The summed E-state index contributed by atoms with van der Waals surface area (Å²) in [6.45, 7) is 4.10. The van der Waals surface area contributed by atoms with E-state index in [4.69, 9.17) is 23.2 Å².